The van der Waals surface area contributed by atoms with Crippen molar-refractivity contribution in [1.29, 1.82) is 0 Å². The van der Waals surface area contributed by atoms with Crippen molar-refractivity contribution in [3.05, 3.63) is 76.7 Å². The van der Waals surface area contributed by atoms with Crippen LogP contribution in [0, 0.1) is 0 Å². The average Bonchev–Trinajstić information content (AvgIpc) is 3.06. The lowest BCUT2D eigenvalue weighted by atomic mass is 10.0. The molecule has 6 heteroatoms. The summed E-state index contributed by atoms with van der Waals surface area (Å²) in [4.78, 5) is 22.9. The lowest BCUT2D eigenvalue weighted by Gasteiger charge is -2.18. The zero-order valence-electron chi connectivity index (χ0n) is 18.3. The molecule has 0 radical (unpaired) electrons. The summed E-state index contributed by atoms with van der Waals surface area (Å²) in [5, 5.41) is 0. The van der Waals surface area contributed by atoms with Crippen LogP contribution < -0.4 is 10.4 Å². The molecule has 0 unspecified atom stereocenters. The summed E-state index contributed by atoms with van der Waals surface area (Å²) in [5.74, 6) is 0.849. The molecule has 0 fully saturated rings. The number of hydrogen-bond acceptors (Lipinski definition) is 4. The highest BCUT2D eigenvalue weighted by atomic mass is 16.5. The highest BCUT2D eigenvalue weighted by molar-refractivity contribution is 6.02. The average molecular weight is 427 g/mol. The van der Waals surface area contributed by atoms with Crippen molar-refractivity contribution in [2.75, 3.05) is 26.2 Å². The molecule has 0 saturated heterocycles. The third kappa shape index (κ3) is 3.52. The molecule has 0 amide bonds. The van der Waals surface area contributed by atoms with E-state index in [4.69, 9.17) is 9.73 Å². The first kappa shape index (κ1) is 20.3. The number of likely N-dealkylation sites (N-methyl/N-ethyl adjacent to an activating group) is 1. The number of imidazole rings is 1. The molecular weight excluding hydrogens is 400 g/mol. The molecule has 0 saturated carbocycles. The van der Waals surface area contributed by atoms with Crippen molar-refractivity contribution in [3.63, 3.8) is 0 Å². The van der Waals surface area contributed by atoms with Crippen LogP contribution in [0.5, 0.6) is 5.75 Å². The maximum absolute atomic E-state index is 12.8. The van der Waals surface area contributed by atoms with E-state index >= 15 is 0 Å². The summed E-state index contributed by atoms with van der Waals surface area (Å²) in [6.45, 7) is 7.95. The van der Waals surface area contributed by atoms with Gasteiger partial charge in [-0.15, -0.1) is 0 Å². The molecule has 32 heavy (non-hydrogen) atoms. The van der Waals surface area contributed by atoms with Crippen LogP contribution in [0.3, 0.4) is 0 Å². The van der Waals surface area contributed by atoms with Crippen LogP contribution in [0.25, 0.3) is 27.8 Å². The molecule has 0 aliphatic carbocycles. The van der Waals surface area contributed by atoms with Crippen molar-refractivity contribution >= 4 is 22.9 Å². The van der Waals surface area contributed by atoms with E-state index in [2.05, 4.69) is 23.7 Å². The lowest BCUT2D eigenvalue weighted by molar-refractivity contribution is 0.223. The number of benzene rings is 3. The van der Waals surface area contributed by atoms with Gasteiger partial charge >= 0.3 is 5.69 Å². The van der Waals surface area contributed by atoms with Crippen molar-refractivity contribution in [3.8, 4) is 22.6 Å². The zero-order chi connectivity index (χ0) is 22.1. The maximum Gasteiger partial charge on any atom is 0.331 e. The van der Waals surface area contributed by atoms with Crippen LogP contribution in [0.15, 0.2) is 70.5 Å². The van der Waals surface area contributed by atoms with E-state index in [9.17, 15) is 4.79 Å². The number of nitrogens with zero attached hydrogens (tertiary/aromatic N) is 3. The van der Waals surface area contributed by atoms with E-state index in [-0.39, 0.29) is 5.69 Å². The van der Waals surface area contributed by atoms with E-state index in [0.29, 0.717) is 6.61 Å². The van der Waals surface area contributed by atoms with E-state index in [1.54, 1.807) is 4.57 Å². The first-order chi connectivity index (χ1) is 15.7. The summed E-state index contributed by atoms with van der Waals surface area (Å²) in [6, 6.07) is 19.9. The van der Waals surface area contributed by atoms with Gasteiger partial charge in [-0.2, -0.15) is 0 Å². The van der Waals surface area contributed by atoms with Crippen molar-refractivity contribution in [1.82, 2.24) is 14.5 Å². The van der Waals surface area contributed by atoms with E-state index in [0.717, 1.165) is 64.5 Å². The number of aromatic nitrogens is 2. The molecule has 0 bridgehead atoms. The van der Waals surface area contributed by atoms with Crippen LogP contribution >= 0.6 is 0 Å². The van der Waals surface area contributed by atoms with Gasteiger partial charge in [-0.3, -0.25) is 9.56 Å². The fraction of sp³-hybridized carbons (Fsp3) is 0.231. The molecule has 0 spiro atoms. The molecule has 1 aliphatic heterocycles. The number of H-pyrrole nitrogens is 1. The highest BCUT2D eigenvalue weighted by Gasteiger charge is 2.19. The van der Waals surface area contributed by atoms with Crippen LogP contribution in [0.2, 0.25) is 0 Å². The molecule has 1 aliphatic rings. The first-order valence-corrected chi connectivity index (χ1v) is 11.1. The maximum atomic E-state index is 12.8. The van der Waals surface area contributed by atoms with Crippen molar-refractivity contribution in [2.45, 2.75) is 13.8 Å². The third-order valence-electron chi connectivity index (χ3n) is 6.06. The number of rotatable bonds is 7. The Labute approximate surface area is 186 Å². The summed E-state index contributed by atoms with van der Waals surface area (Å²) in [6.07, 6.45) is 1.84. The van der Waals surface area contributed by atoms with Gasteiger partial charge in [0.2, 0.25) is 0 Å². The molecule has 162 valence electrons. The van der Waals surface area contributed by atoms with Gasteiger partial charge in [0.25, 0.3) is 0 Å². The molecule has 6 nitrogen and oxygen atoms in total. The third-order valence-corrected chi connectivity index (χ3v) is 6.06. The fourth-order valence-corrected chi connectivity index (χ4v) is 4.30. The van der Waals surface area contributed by atoms with Gasteiger partial charge in [-0.1, -0.05) is 50.2 Å². The van der Waals surface area contributed by atoms with Gasteiger partial charge in [-0.25, -0.2) is 4.79 Å². The number of hydrogen-bond donors (Lipinski definition) is 1. The predicted molar refractivity (Wildman–Crippen MR) is 130 cm³/mol. The van der Waals surface area contributed by atoms with Crippen LogP contribution in [-0.4, -0.2) is 46.9 Å². The molecule has 1 N–H and O–H groups in total. The number of para-hydroxylation sites is 2. The number of aliphatic imine (C=N–C) groups is 1. The smallest absolute Gasteiger partial charge is 0.331 e. The number of nitrogens with one attached hydrogen (secondary N) is 1. The standard InChI is InChI=1S/C26H26N4O2/c1-3-29(4-2)15-16-32-20-13-11-18(12-14-20)21-8-6-10-23-24(21)27-17-19-7-5-9-22-25(19)30(23)26(31)28-22/h5-14,17H,3-4,15-16H2,1-2H3,(H,28,31). The first-order valence-electron chi connectivity index (χ1n) is 11.1. The minimum absolute atomic E-state index is 0.159. The second-order valence-corrected chi connectivity index (χ2v) is 7.84. The van der Waals surface area contributed by atoms with Crippen LogP contribution in [-0.2, 0) is 0 Å². The summed E-state index contributed by atoms with van der Waals surface area (Å²) >= 11 is 0. The van der Waals surface area contributed by atoms with Crippen LogP contribution in [0.1, 0.15) is 19.4 Å². The topological polar surface area (TPSA) is 62.6 Å². The molecule has 1 aromatic heterocycles. The molecule has 4 aromatic rings. The summed E-state index contributed by atoms with van der Waals surface area (Å²) in [7, 11) is 0. The highest BCUT2D eigenvalue weighted by Crippen LogP contribution is 2.38. The molecular formula is C26H26N4O2. The van der Waals surface area contributed by atoms with Gasteiger partial charge in [0.05, 0.1) is 22.4 Å². The predicted octanol–water partition coefficient (Wildman–Crippen LogP) is 4.77. The van der Waals surface area contributed by atoms with Crippen molar-refractivity contribution < 1.29 is 4.74 Å². The van der Waals surface area contributed by atoms with E-state index in [1.807, 2.05) is 66.9 Å². The minimum Gasteiger partial charge on any atom is -0.492 e. The fourth-order valence-electron chi connectivity index (χ4n) is 4.30. The van der Waals surface area contributed by atoms with Gasteiger partial charge in [-0.05, 0) is 42.9 Å². The Kier molecular flexibility index (Phi) is 5.37. The molecule has 3 aromatic carbocycles. The second-order valence-electron chi connectivity index (χ2n) is 7.84. The van der Waals surface area contributed by atoms with Gasteiger partial charge in [0.15, 0.2) is 0 Å². The minimum atomic E-state index is -0.159. The SMILES string of the molecule is CCN(CC)CCOc1ccc(-c2cccc3c2N=Cc2cccc4[nH]c(=O)n-3c24)cc1. The quantitative estimate of drug-likeness (QED) is 0.408. The largest absolute Gasteiger partial charge is 0.492 e. The number of aromatic amines is 1. The number of fused-ring (bicyclic) bond motifs is 2. The van der Waals surface area contributed by atoms with Gasteiger partial charge in [0.1, 0.15) is 12.4 Å². The van der Waals surface area contributed by atoms with E-state index in [1.165, 1.54) is 0 Å². The van der Waals surface area contributed by atoms with Gasteiger partial charge in [0, 0.05) is 23.9 Å². The van der Waals surface area contributed by atoms with Gasteiger partial charge < -0.3 is 14.6 Å². The summed E-state index contributed by atoms with van der Waals surface area (Å²) in [5.41, 5.74) is 5.98. The monoisotopic (exact) mass is 426 g/mol. The Morgan fingerprint density at radius 3 is 2.56 bits per heavy atom. The molecule has 0 atom stereocenters. The Bertz CT molecular complexity index is 1340. The van der Waals surface area contributed by atoms with E-state index < -0.39 is 0 Å². The second kappa shape index (κ2) is 8.48. The lowest BCUT2D eigenvalue weighted by Crippen LogP contribution is -2.27. The Morgan fingerprint density at radius 2 is 1.78 bits per heavy atom. The zero-order valence-corrected chi connectivity index (χ0v) is 18.3. The Morgan fingerprint density at radius 1 is 1.00 bits per heavy atom. The number of ether oxygens (including phenoxy) is 1. The Hall–Kier alpha value is -3.64. The van der Waals surface area contributed by atoms with Crippen LogP contribution in [0.4, 0.5) is 5.69 Å². The molecule has 5 rings (SSSR count). The summed E-state index contributed by atoms with van der Waals surface area (Å²) < 4.78 is 7.65. The Balaban J connectivity index is 1.48. The van der Waals surface area contributed by atoms with Crippen molar-refractivity contribution in [2.24, 2.45) is 4.99 Å². The molecule has 2 heterocycles. The normalized spacial score (nSPS) is 12.2.